The molecule has 0 fully saturated rings. The molecular weight excluding hydrogens is 618 g/mol. The molecule has 0 aliphatic carbocycles. The number of halogens is 1. The Morgan fingerprint density at radius 3 is 2.23 bits per heavy atom. The van der Waals surface area contributed by atoms with E-state index >= 15 is 0 Å². The summed E-state index contributed by atoms with van der Waals surface area (Å²) < 4.78 is 16.6. The molecule has 0 bridgehead atoms. The molecule has 4 rings (SSSR count). The number of ether oxygens (including phenoxy) is 3. The molecule has 0 aliphatic rings. The molecule has 218 valence electrons. The lowest BCUT2D eigenvalue weighted by Crippen LogP contribution is -2.18. The summed E-state index contributed by atoms with van der Waals surface area (Å²) in [5.41, 5.74) is 5.07. The molecule has 0 aromatic heterocycles. The van der Waals surface area contributed by atoms with E-state index in [-0.39, 0.29) is 28.4 Å². The van der Waals surface area contributed by atoms with Crippen LogP contribution in [0.25, 0.3) is 0 Å². The van der Waals surface area contributed by atoms with Gasteiger partial charge >= 0.3 is 11.9 Å². The fraction of sp³-hybridized carbons (Fsp3) is 0.0938. The number of benzene rings is 4. The Balaban J connectivity index is 1.42. The van der Waals surface area contributed by atoms with E-state index < -0.39 is 23.8 Å². The van der Waals surface area contributed by atoms with Crippen molar-refractivity contribution < 1.29 is 33.4 Å². The van der Waals surface area contributed by atoms with Crippen molar-refractivity contribution in [3.05, 3.63) is 117 Å². The number of rotatable bonds is 9. The average molecular weight is 644 g/mol. The van der Waals surface area contributed by atoms with E-state index in [1.807, 2.05) is 13.0 Å². The predicted molar refractivity (Wildman–Crippen MR) is 164 cm³/mol. The summed E-state index contributed by atoms with van der Waals surface area (Å²) in [6, 6.07) is 22.7. The Bertz CT molecular complexity index is 1740. The number of hydrazone groups is 1. The van der Waals surface area contributed by atoms with Crippen LogP contribution in [0, 0.1) is 6.92 Å². The van der Waals surface area contributed by atoms with Gasteiger partial charge in [-0.05, 0) is 73.7 Å². The molecule has 0 saturated heterocycles. The third-order valence-electron chi connectivity index (χ3n) is 5.86. The van der Waals surface area contributed by atoms with Gasteiger partial charge in [-0.3, -0.25) is 14.4 Å². The molecule has 0 unspecified atom stereocenters. The van der Waals surface area contributed by atoms with Gasteiger partial charge in [0, 0.05) is 33.8 Å². The summed E-state index contributed by atoms with van der Waals surface area (Å²) in [6.07, 6.45) is 1.36. The van der Waals surface area contributed by atoms with Gasteiger partial charge in [0.2, 0.25) is 0 Å². The Labute approximate surface area is 255 Å². The van der Waals surface area contributed by atoms with Gasteiger partial charge in [-0.15, -0.1) is 0 Å². The van der Waals surface area contributed by atoms with E-state index in [0.29, 0.717) is 16.8 Å². The molecule has 0 heterocycles. The number of aryl methyl sites for hydroxylation is 1. The van der Waals surface area contributed by atoms with E-state index in [1.165, 1.54) is 44.5 Å². The van der Waals surface area contributed by atoms with Crippen molar-refractivity contribution in [2.75, 3.05) is 12.4 Å². The number of carbonyl (C=O) groups is 4. The number of hydrogen-bond donors (Lipinski definition) is 2. The molecule has 0 saturated carbocycles. The zero-order valence-corrected chi connectivity index (χ0v) is 24.9. The van der Waals surface area contributed by atoms with Crippen LogP contribution >= 0.6 is 15.9 Å². The zero-order chi connectivity index (χ0) is 30.9. The van der Waals surface area contributed by atoms with Crippen LogP contribution in [0.2, 0.25) is 0 Å². The highest BCUT2D eigenvalue weighted by molar-refractivity contribution is 9.10. The number of hydrogen-bond acceptors (Lipinski definition) is 8. The standard InChI is InChI=1S/C32H26BrN3O7/c1-19-6-4-8-23(14-19)32(40)43-27-13-11-25(33)15-24(27)18-34-36-31(39)21-7-5-9-26(16-21)35-30(38)22-10-12-28(42-20(2)37)29(17-22)41-3/h4-18H,1-3H3,(H,35,38)(H,36,39). The van der Waals surface area contributed by atoms with Crippen LogP contribution in [0.1, 0.15) is 49.1 Å². The Kier molecular flexibility index (Phi) is 10.0. The molecule has 10 nitrogen and oxygen atoms in total. The van der Waals surface area contributed by atoms with Crippen LogP contribution in [0.5, 0.6) is 17.2 Å². The minimum Gasteiger partial charge on any atom is -0.493 e. The highest BCUT2D eigenvalue weighted by Gasteiger charge is 2.15. The molecule has 4 aromatic carbocycles. The molecule has 2 amide bonds. The molecule has 2 N–H and O–H groups in total. The lowest BCUT2D eigenvalue weighted by molar-refractivity contribution is -0.132. The maximum absolute atomic E-state index is 12.8. The first-order valence-corrected chi connectivity index (χ1v) is 13.6. The first-order valence-electron chi connectivity index (χ1n) is 12.8. The van der Waals surface area contributed by atoms with Crippen molar-refractivity contribution >= 4 is 51.6 Å². The van der Waals surface area contributed by atoms with Gasteiger partial charge in [0.1, 0.15) is 5.75 Å². The van der Waals surface area contributed by atoms with Crippen molar-refractivity contribution in [1.29, 1.82) is 0 Å². The summed E-state index contributed by atoms with van der Waals surface area (Å²) in [5, 5.41) is 6.75. The maximum atomic E-state index is 12.8. The van der Waals surface area contributed by atoms with Crippen LogP contribution < -0.4 is 25.0 Å². The molecule has 4 aromatic rings. The van der Waals surface area contributed by atoms with Gasteiger partial charge in [0.25, 0.3) is 11.8 Å². The van der Waals surface area contributed by atoms with Crippen molar-refractivity contribution in [3.8, 4) is 17.2 Å². The first kappa shape index (κ1) is 30.7. The zero-order valence-electron chi connectivity index (χ0n) is 23.3. The van der Waals surface area contributed by atoms with Gasteiger partial charge in [0.05, 0.1) is 18.9 Å². The number of nitrogens with one attached hydrogen (secondary N) is 2. The molecule has 0 spiro atoms. The number of carbonyl (C=O) groups excluding carboxylic acids is 4. The SMILES string of the molecule is COc1cc(C(=O)Nc2cccc(C(=O)NN=Cc3cc(Br)ccc3OC(=O)c3cccc(C)c3)c2)ccc1OC(C)=O. The second-order valence-corrected chi connectivity index (χ2v) is 10.1. The lowest BCUT2D eigenvalue weighted by Gasteiger charge is -2.11. The third-order valence-corrected chi connectivity index (χ3v) is 6.35. The predicted octanol–water partition coefficient (Wildman–Crippen LogP) is 5.93. The van der Waals surface area contributed by atoms with Crippen LogP contribution in [-0.2, 0) is 4.79 Å². The number of nitrogens with zero attached hydrogens (tertiary/aromatic N) is 1. The molecule has 0 aliphatic heterocycles. The summed E-state index contributed by atoms with van der Waals surface area (Å²) in [7, 11) is 1.39. The number of amides is 2. The molecule has 0 radical (unpaired) electrons. The second-order valence-electron chi connectivity index (χ2n) is 9.13. The van der Waals surface area contributed by atoms with E-state index in [0.717, 1.165) is 10.0 Å². The summed E-state index contributed by atoms with van der Waals surface area (Å²) in [6.45, 7) is 3.14. The number of esters is 2. The van der Waals surface area contributed by atoms with Crippen LogP contribution in [0.3, 0.4) is 0 Å². The molecule has 11 heteroatoms. The molecule has 43 heavy (non-hydrogen) atoms. The largest absolute Gasteiger partial charge is 0.493 e. The highest BCUT2D eigenvalue weighted by atomic mass is 79.9. The van der Waals surface area contributed by atoms with Crippen LogP contribution in [0.15, 0.2) is 94.5 Å². The van der Waals surface area contributed by atoms with E-state index in [9.17, 15) is 19.2 Å². The fourth-order valence-corrected chi connectivity index (χ4v) is 4.24. The second kappa shape index (κ2) is 14.1. The van der Waals surface area contributed by atoms with Gasteiger partial charge < -0.3 is 19.5 Å². The number of methoxy groups -OCH3 is 1. The third kappa shape index (κ3) is 8.37. The van der Waals surface area contributed by atoms with Gasteiger partial charge in [0.15, 0.2) is 11.5 Å². The summed E-state index contributed by atoms with van der Waals surface area (Å²) >= 11 is 3.39. The lowest BCUT2D eigenvalue weighted by atomic mass is 10.1. The fourth-order valence-electron chi connectivity index (χ4n) is 3.86. The van der Waals surface area contributed by atoms with Crippen molar-refractivity contribution in [3.63, 3.8) is 0 Å². The molecule has 0 atom stereocenters. The van der Waals surface area contributed by atoms with E-state index in [2.05, 4.69) is 31.8 Å². The van der Waals surface area contributed by atoms with Gasteiger partial charge in [-0.1, -0.05) is 39.7 Å². The normalized spacial score (nSPS) is 10.6. The minimum absolute atomic E-state index is 0.185. The van der Waals surface area contributed by atoms with Crippen molar-refractivity contribution in [2.24, 2.45) is 5.10 Å². The van der Waals surface area contributed by atoms with Crippen LogP contribution in [-0.4, -0.2) is 37.1 Å². The van der Waals surface area contributed by atoms with Crippen LogP contribution in [0.4, 0.5) is 5.69 Å². The minimum atomic E-state index is -0.534. The Morgan fingerprint density at radius 1 is 0.767 bits per heavy atom. The van der Waals surface area contributed by atoms with Gasteiger partial charge in [-0.2, -0.15) is 5.10 Å². The molecular formula is C32H26BrN3O7. The quantitative estimate of drug-likeness (QED) is 0.1000. The topological polar surface area (TPSA) is 132 Å². The highest BCUT2D eigenvalue weighted by Crippen LogP contribution is 2.29. The Hall–Kier alpha value is -5.29. The maximum Gasteiger partial charge on any atom is 0.343 e. The van der Waals surface area contributed by atoms with Crippen molar-refractivity contribution in [2.45, 2.75) is 13.8 Å². The van der Waals surface area contributed by atoms with E-state index in [1.54, 1.807) is 54.6 Å². The smallest absolute Gasteiger partial charge is 0.343 e. The van der Waals surface area contributed by atoms with E-state index in [4.69, 9.17) is 14.2 Å². The van der Waals surface area contributed by atoms with Gasteiger partial charge in [-0.25, -0.2) is 10.2 Å². The summed E-state index contributed by atoms with van der Waals surface area (Å²) in [5.74, 6) is -1.39. The first-order chi connectivity index (χ1) is 20.6. The number of anilines is 1. The van der Waals surface area contributed by atoms with Crippen molar-refractivity contribution in [1.82, 2.24) is 5.43 Å². The Morgan fingerprint density at radius 2 is 1.49 bits per heavy atom. The monoisotopic (exact) mass is 643 g/mol. The summed E-state index contributed by atoms with van der Waals surface area (Å²) in [4.78, 5) is 49.6. The average Bonchev–Trinajstić information content (AvgIpc) is 2.98.